The molecule has 0 bridgehead atoms. The molecule has 29 heavy (non-hydrogen) atoms. The van der Waals surface area contributed by atoms with Crippen molar-refractivity contribution in [2.45, 2.75) is 71.9 Å². The number of carbonyl (C=O) groups excluding carboxylic acids is 1. The number of hydrogen-bond donors (Lipinski definition) is 1. The van der Waals surface area contributed by atoms with E-state index < -0.39 is 0 Å². The summed E-state index contributed by atoms with van der Waals surface area (Å²) < 4.78 is 16.8. The minimum absolute atomic E-state index is 0.0492. The zero-order valence-corrected chi connectivity index (χ0v) is 18.3. The summed E-state index contributed by atoms with van der Waals surface area (Å²) >= 11 is 6.17. The molecule has 1 aromatic heterocycles. The topological polar surface area (TPSA) is 34.0 Å². The highest BCUT2D eigenvalue weighted by molar-refractivity contribution is 6.30. The summed E-state index contributed by atoms with van der Waals surface area (Å²) in [6, 6.07) is 6.70. The Bertz CT molecular complexity index is 927. The van der Waals surface area contributed by atoms with Gasteiger partial charge < -0.3 is 9.88 Å². The lowest BCUT2D eigenvalue weighted by atomic mass is 9.95. The van der Waals surface area contributed by atoms with E-state index in [4.69, 9.17) is 11.6 Å². The molecule has 2 aliphatic rings. The molecule has 2 aromatic rings. The number of amides is 1. The van der Waals surface area contributed by atoms with Gasteiger partial charge in [0.2, 0.25) is 0 Å². The van der Waals surface area contributed by atoms with E-state index in [1.165, 1.54) is 25.3 Å². The molecule has 0 aliphatic heterocycles. The van der Waals surface area contributed by atoms with E-state index >= 15 is 0 Å². The van der Waals surface area contributed by atoms with Crippen molar-refractivity contribution in [3.8, 4) is 11.3 Å². The third kappa shape index (κ3) is 4.23. The fourth-order valence-corrected chi connectivity index (χ4v) is 4.82. The first-order chi connectivity index (χ1) is 13.8. The number of benzene rings is 1. The van der Waals surface area contributed by atoms with Crippen LogP contribution in [0, 0.1) is 24.1 Å². The Kier molecular flexibility index (Phi) is 5.50. The number of aromatic nitrogens is 1. The van der Waals surface area contributed by atoms with Crippen molar-refractivity contribution in [3.05, 3.63) is 46.4 Å². The summed E-state index contributed by atoms with van der Waals surface area (Å²) in [4.78, 5) is 13.1. The Hall–Kier alpha value is -1.81. The molecule has 2 fully saturated rings. The molecular formula is C24H30ClFN2O. The third-order valence-electron chi connectivity index (χ3n) is 6.88. The van der Waals surface area contributed by atoms with Gasteiger partial charge in [0.15, 0.2) is 0 Å². The van der Waals surface area contributed by atoms with Crippen molar-refractivity contribution in [2.75, 3.05) is 0 Å². The molecule has 1 heterocycles. The normalized spacial score (nSPS) is 21.2. The molecule has 1 amide bonds. The zero-order valence-electron chi connectivity index (χ0n) is 17.5. The highest BCUT2D eigenvalue weighted by Crippen LogP contribution is 2.53. The Balaban J connectivity index is 1.70. The lowest BCUT2D eigenvalue weighted by Gasteiger charge is -2.22. The quantitative estimate of drug-likeness (QED) is 0.604. The van der Waals surface area contributed by atoms with Gasteiger partial charge in [0, 0.05) is 28.9 Å². The Morgan fingerprint density at radius 2 is 1.93 bits per heavy atom. The molecule has 1 aromatic carbocycles. The van der Waals surface area contributed by atoms with Gasteiger partial charge in [0.1, 0.15) is 5.82 Å². The Labute approximate surface area is 177 Å². The van der Waals surface area contributed by atoms with Crippen LogP contribution in [0.3, 0.4) is 0 Å². The number of rotatable bonds is 5. The monoisotopic (exact) mass is 416 g/mol. The van der Waals surface area contributed by atoms with Gasteiger partial charge in [0.25, 0.3) is 5.91 Å². The molecule has 1 unspecified atom stereocenters. The summed E-state index contributed by atoms with van der Waals surface area (Å²) in [5, 5.41) is 3.70. The molecule has 1 atom stereocenters. The number of nitrogens with zero attached hydrogens (tertiary/aromatic N) is 1. The summed E-state index contributed by atoms with van der Waals surface area (Å²) in [7, 11) is 0. The van der Waals surface area contributed by atoms with E-state index in [-0.39, 0.29) is 17.8 Å². The Morgan fingerprint density at radius 3 is 2.59 bits per heavy atom. The predicted molar refractivity (Wildman–Crippen MR) is 116 cm³/mol. The van der Waals surface area contributed by atoms with Gasteiger partial charge >= 0.3 is 0 Å². The molecule has 5 heteroatoms. The number of hydrogen-bond acceptors (Lipinski definition) is 1. The molecule has 0 saturated heterocycles. The number of halogens is 2. The van der Waals surface area contributed by atoms with Gasteiger partial charge in [-0.1, -0.05) is 44.7 Å². The SMILES string of the molecule is Cc1c(C(=O)NC2CCCCC2)cc(-c2cc(Cl)ccc2F)n1CC1CC1(C)C. The van der Waals surface area contributed by atoms with Crippen LogP contribution in [0.2, 0.25) is 5.02 Å². The molecule has 156 valence electrons. The molecule has 0 spiro atoms. The highest BCUT2D eigenvalue weighted by atomic mass is 35.5. The van der Waals surface area contributed by atoms with E-state index in [1.807, 2.05) is 13.0 Å². The van der Waals surface area contributed by atoms with Gasteiger partial charge in [-0.3, -0.25) is 4.79 Å². The molecule has 4 rings (SSSR count). The fourth-order valence-electron chi connectivity index (χ4n) is 4.65. The summed E-state index contributed by atoms with van der Waals surface area (Å²) in [5.41, 5.74) is 3.03. The first-order valence-corrected chi connectivity index (χ1v) is 11.1. The first-order valence-electron chi connectivity index (χ1n) is 10.7. The molecule has 3 nitrogen and oxygen atoms in total. The Morgan fingerprint density at radius 1 is 1.24 bits per heavy atom. The maximum Gasteiger partial charge on any atom is 0.253 e. The first kappa shape index (κ1) is 20.5. The van der Waals surface area contributed by atoms with E-state index in [0.29, 0.717) is 27.5 Å². The van der Waals surface area contributed by atoms with Crippen LogP contribution in [0.4, 0.5) is 4.39 Å². The van der Waals surface area contributed by atoms with Crippen molar-refractivity contribution in [2.24, 2.45) is 11.3 Å². The van der Waals surface area contributed by atoms with Gasteiger partial charge in [-0.25, -0.2) is 4.39 Å². The summed E-state index contributed by atoms with van der Waals surface area (Å²) in [6.07, 6.45) is 6.80. The van der Waals surface area contributed by atoms with Crippen LogP contribution >= 0.6 is 11.6 Å². The van der Waals surface area contributed by atoms with E-state index in [2.05, 4.69) is 23.7 Å². The smallest absolute Gasteiger partial charge is 0.253 e. The summed E-state index contributed by atoms with van der Waals surface area (Å²) in [5.74, 6) is 0.165. The lowest BCUT2D eigenvalue weighted by molar-refractivity contribution is 0.0927. The maximum atomic E-state index is 14.7. The molecule has 2 saturated carbocycles. The van der Waals surface area contributed by atoms with Crippen molar-refractivity contribution >= 4 is 17.5 Å². The maximum absolute atomic E-state index is 14.7. The van der Waals surface area contributed by atoms with Crippen molar-refractivity contribution < 1.29 is 9.18 Å². The number of carbonyl (C=O) groups is 1. The molecular weight excluding hydrogens is 387 g/mol. The van der Waals surface area contributed by atoms with E-state index in [9.17, 15) is 9.18 Å². The lowest BCUT2D eigenvalue weighted by Crippen LogP contribution is -2.36. The number of nitrogens with one attached hydrogen (secondary N) is 1. The second-order valence-corrected chi connectivity index (χ2v) is 9.90. The van der Waals surface area contributed by atoms with Gasteiger partial charge in [0.05, 0.1) is 11.3 Å². The second-order valence-electron chi connectivity index (χ2n) is 9.46. The van der Waals surface area contributed by atoms with Crippen molar-refractivity contribution in [3.63, 3.8) is 0 Å². The summed E-state index contributed by atoms with van der Waals surface area (Å²) in [6.45, 7) is 7.27. The van der Waals surface area contributed by atoms with Crippen LogP contribution in [-0.2, 0) is 6.54 Å². The standard InChI is InChI=1S/C24H30ClFN2O/c1-15-19(23(29)27-18-7-5-4-6-8-18)12-22(20-11-17(25)9-10-21(20)26)28(15)14-16-13-24(16,2)3/h9-12,16,18H,4-8,13-14H2,1-3H3,(H,27,29). The van der Waals surface area contributed by atoms with Gasteiger partial charge in [-0.05, 0) is 61.8 Å². The van der Waals surface area contributed by atoms with Crippen molar-refractivity contribution in [1.29, 1.82) is 0 Å². The second kappa shape index (κ2) is 7.79. The minimum Gasteiger partial charge on any atom is -0.349 e. The van der Waals surface area contributed by atoms with E-state index in [0.717, 1.165) is 37.2 Å². The van der Waals surface area contributed by atoms with Crippen molar-refractivity contribution in [1.82, 2.24) is 9.88 Å². The highest BCUT2D eigenvalue weighted by Gasteiger charge is 2.46. The molecule has 0 radical (unpaired) electrons. The fraction of sp³-hybridized carbons (Fsp3) is 0.542. The van der Waals surface area contributed by atoms with Crippen LogP contribution in [-0.4, -0.2) is 16.5 Å². The van der Waals surface area contributed by atoms with Crippen LogP contribution in [0.1, 0.15) is 68.4 Å². The third-order valence-corrected chi connectivity index (χ3v) is 7.11. The van der Waals surface area contributed by atoms with Gasteiger partial charge in [-0.2, -0.15) is 0 Å². The zero-order chi connectivity index (χ0) is 20.8. The van der Waals surface area contributed by atoms with Crippen LogP contribution in [0.5, 0.6) is 0 Å². The largest absolute Gasteiger partial charge is 0.349 e. The van der Waals surface area contributed by atoms with Crippen LogP contribution in [0.15, 0.2) is 24.3 Å². The average molecular weight is 417 g/mol. The van der Waals surface area contributed by atoms with Crippen LogP contribution in [0.25, 0.3) is 11.3 Å². The van der Waals surface area contributed by atoms with Gasteiger partial charge in [-0.15, -0.1) is 0 Å². The van der Waals surface area contributed by atoms with Crippen LogP contribution < -0.4 is 5.32 Å². The molecule has 2 aliphatic carbocycles. The average Bonchev–Trinajstić information content (AvgIpc) is 3.15. The molecule has 1 N–H and O–H groups in total. The minimum atomic E-state index is -0.317. The predicted octanol–water partition coefficient (Wildman–Crippen LogP) is 6.36. The van der Waals surface area contributed by atoms with E-state index in [1.54, 1.807) is 12.1 Å².